The molecule has 3 aromatic heterocycles. The van der Waals surface area contributed by atoms with Crippen LogP contribution in [0.5, 0.6) is 0 Å². The van der Waals surface area contributed by atoms with Gasteiger partial charge in [0.05, 0.1) is 23.0 Å². The molecule has 0 spiro atoms. The summed E-state index contributed by atoms with van der Waals surface area (Å²) in [7, 11) is 0. The van der Waals surface area contributed by atoms with Crippen LogP contribution in [0.4, 0.5) is 11.4 Å². The molecule has 6 heterocycles. The molecular formula is C42H47N11O4. The normalized spacial score (nSPS) is 23.1. The average Bonchev–Trinajstić information content (AvgIpc) is 3.98. The van der Waals surface area contributed by atoms with Gasteiger partial charge in [0.15, 0.2) is 11.5 Å². The van der Waals surface area contributed by atoms with Crippen LogP contribution in [0, 0.1) is 17.2 Å². The second-order valence-electron chi connectivity index (χ2n) is 16.2. The van der Waals surface area contributed by atoms with Gasteiger partial charge < -0.3 is 20.4 Å². The molecule has 2 aliphatic carbocycles. The van der Waals surface area contributed by atoms with E-state index in [1.165, 1.54) is 6.20 Å². The maximum absolute atomic E-state index is 13.8. The minimum absolute atomic E-state index is 0.103. The first kappa shape index (κ1) is 36.7. The van der Waals surface area contributed by atoms with Crippen LogP contribution in [0.25, 0.3) is 16.9 Å². The quantitative estimate of drug-likeness (QED) is 0.210. The van der Waals surface area contributed by atoms with Crippen LogP contribution in [-0.4, -0.2) is 104 Å². The fraction of sp³-hybridized carbons (Fsp3) is 0.476. The number of benzene rings is 1. The zero-order chi connectivity index (χ0) is 39.0. The van der Waals surface area contributed by atoms with Gasteiger partial charge >= 0.3 is 0 Å². The molecule has 2 saturated carbocycles. The van der Waals surface area contributed by atoms with E-state index in [-0.39, 0.29) is 36.1 Å². The number of nitrogens with one attached hydrogen (secondary N) is 3. The number of carbonyl (C=O) groups excluding carboxylic acids is 4. The molecule has 15 nitrogen and oxygen atoms in total. The Bertz CT molecular complexity index is 2260. The molecule has 0 radical (unpaired) electrons. The van der Waals surface area contributed by atoms with E-state index in [2.05, 4.69) is 53.0 Å². The maximum atomic E-state index is 13.8. The van der Waals surface area contributed by atoms with Gasteiger partial charge in [0.1, 0.15) is 12.1 Å². The number of amides is 4. The van der Waals surface area contributed by atoms with Gasteiger partial charge in [-0.3, -0.25) is 29.4 Å². The van der Waals surface area contributed by atoms with Gasteiger partial charge in [-0.1, -0.05) is 18.9 Å². The summed E-state index contributed by atoms with van der Waals surface area (Å²) in [6.45, 7) is 5.04. The second kappa shape index (κ2) is 15.6. The lowest BCUT2D eigenvalue weighted by Crippen LogP contribution is -2.52. The number of imide groups is 1. The summed E-state index contributed by atoms with van der Waals surface area (Å²) in [5, 5.41) is 23.9. The topological polar surface area (TPSA) is 181 Å². The van der Waals surface area contributed by atoms with Gasteiger partial charge in [0, 0.05) is 92.9 Å². The number of nitriles is 1. The molecule has 15 heteroatoms. The third kappa shape index (κ3) is 7.53. The van der Waals surface area contributed by atoms with Crippen LogP contribution < -0.4 is 20.9 Å². The number of hydrogen-bond acceptors (Lipinski definition) is 11. The first-order valence-corrected chi connectivity index (χ1v) is 20.4. The molecule has 9 rings (SSSR count). The summed E-state index contributed by atoms with van der Waals surface area (Å²) in [6, 6.07) is 11.6. The highest BCUT2D eigenvalue weighted by Crippen LogP contribution is 2.32. The average molecular weight is 770 g/mol. The number of aromatic nitrogens is 4. The molecule has 3 aliphatic heterocycles. The SMILES string of the molecule is N#Cc1cnc2c(cnn2-c2cc(NC3CCCC3)c(C(=O)NC3CCC(CN4CCN(c5ccc6c(c5)C(=O)N(C5CCC(=O)NC5=O)C6)CC4)CC3)cn2)c1. The predicted molar refractivity (Wildman–Crippen MR) is 212 cm³/mol. The van der Waals surface area contributed by atoms with E-state index >= 15 is 0 Å². The van der Waals surface area contributed by atoms with Crippen LogP contribution in [0.1, 0.15) is 96.1 Å². The van der Waals surface area contributed by atoms with Crippen molar-refractivity contribution in [3.8, 4) is 11.9 Å². The Morgan fingerprint density at radius 1 is 0.895 bits per heavy atom. The van der Waals surface area contributed by atoms with E-state index in [1.54, 1.807) is 28.0 Å². The summed E-state index contributed by atoms with van der Waals surface area (Å²) < 4.78 is 1.65. The molecular weight excluding hydrogens is 723 g/mol. The smallest absolute Gasteiger partial charge is 0.255 e. The van der Waals surface area contributed by atoms with E-state index < -0.39 is 6.04 Å². The largest absolute Gasteiger partial charge is 0.382 e. The highest BCUT2D eigenvalue weighted by atomic mass is 16.2. The van der Waals surface area contributed by atoms with E-state index in [9.17, 15) is 24.4 Å². The summed E-state index contributed by atoms with van der Waals surface area (Å²) in [5.74, 6) is 0.197. The molecule has 4 amide bonds. The van der Waals surface area contributed by atoms with Gasteiger partial charge in [-0.15, -0.1) is 0 Å². The Morgan fingerprint density at radius 2 is 1.70 bits per heavy atom. The number of hydrogen-bond donors (Lipinski definition) is 3. The van der Waals surface area contributed by atoms with Crippen molar-refractivity contribution in [2.45, 2.75) is 88.9 Å². The molecule has 294 valence electrons. The zero-order valence-electron chi connectivity index (χ0n) is 32.0. The summed E-state index contributed by atoms with van der Waals surface area (Å²) in [6.07, 6.45) is 13.9. The highest BCUT2D eigenvalue weighted by Gasteiger charge is 2.39. The second-order valence-corrected chi connectivity index (χ2v) is 16.2. The van der Waals surface area contributed by atoms with Crippen molar-refractivity contribution in [3.63, 3.8) is 0 Å². The van der Waals surface area contributed by atoms with Crippen LogP contribution in [0.2, 0.25) is 0 Å². The molecule has 4 aromatic rings. The number of nitrogens with zero attached hydrogens (tertiary/aromatic N) is 8. The molecule has 3 N–H and O–H groups in total. The summed E-state index contributed by atoms with van der Waals surface area (Å²) >= 11 is 0. The van der Waals surface area contributed by atoms with Crippen molar-refractivity contribution in [2.24, 2.45) is 5.92 Å². The van der Waals surface area contributed by atoms with Crippen molar-refractivity contribution in [3.05, 3.63) is 71.2 Å². The van der Waals surface area contributed by atoms with Crippen LogP contribution in [0.3, 0.4) is 0 Å². The molecule has 1 atom stereocenters. The number of carbonyl (C=O) groups is 4. The number of piperazine rings is 1. The molecule has 1 unspecified atom stereocenters. The Hall–Kier alpha value is -5.88. The number of pyridine rings is 2. The van der Waals surface area contributed by atoms with Crippen molar-refractivity contribution in [2.75, 3.05) is 42.9 Å². The Balaban J connectivity index is 0.775. The van der Waals surface area contributed by atoms with Gasteiger partial charge in [0.2, 0.25) is 11.8 Å². The first-order chi connectivity index (χ1) is 27.8. The minimum Gasteiger partial charge on any atom is -0.382 e. The lowest BCUT2D eigenvalue weighted by Gasteiger charge is -2.39. The standard InChI is InChI=1S/C42H47N11O4/c43-20-27-17-29-22-46-53(39(29)45-21-27)37-19-35(47-30-3-1-2-4-30)34(23-44-37)40(55)48-31-8-5-26(6-9-31)24-50-13-15-51(16-14-50)32-10-7-28-25-52(42(57)33(28)18-32)36-11-12-38(54)49-41(36)56/h7,10,17-19,21-23,26,30-31,36H,1-6,8-9,11-16,24-25H2,(H,44,47)(H,48,55)(H,49,54,56). The van der Waals surface area contributed by atoms with Gasteiger partial charge in [-0.2, -0.15) is 15.0 Å². The molecule has 1 aromatic carbocycles. The predicted octanol–water partition coefficient (Wildman–Crippen LogP) is 3.91. The fourth-order valence-corrected chi connectivity index (χ4v) is 9.35. The first-order valence-electron chi connectivity index (χ1n) is 20.4. The van der Waals surface area contributed by atoms with E-state index in [0.29, 0.717) is 53.1 Å². The van der Waals surface area contributed by atoms with Gasteiger partial charge in [-0.25, -0.2) is 9.97 Å². The van der Waals surface area contributed by atoms with Crippen LogP contribution >= 0.6 is 0 Å². The van der Waals surface area contributed by atoms with Gasteiger partial charge in [0.25, 0.3) is 11.8 Å². The van der Waals surface area contributed by atoms with Crippen molar-refractivity contribution in [1.29, 1.82) is 5.26 Å². The number of fused-ring (bicyclic) bond motifs is 2. The third-order valence-electron chi connectivity index (χ3n) is 12.6. The Kier molecular flexibility index (Phi) is 10.0. The number of anilines is 2. The number of piperidine rings is 1. The molecule has 5 aliphatic rings. The molecule has 0 bridgehead atoms. The van der Waals surface area contributed by atoms with Crippen molar-refractivity contribution in [1.82, 2.24) is 40.2 Å². The minimum atomic E-state index is -0.609. The van der Waals surface area contributed by atoms with E-state index in [4.69, 9.17) is 0 Å². The highest BCUT2D eigenvalue weighted by molar-refractivity contribution is 6.05. The molecule has 2 saturated heterocycles. The lowest BCUT2D eigenvalue weighted by atomic mass is 9.85. The van der Waals surface area contributed by atoms with Gasteiger partial charge in [-0.05, 0) is 74.6 Å². The van der Waals surface area contributed by atoms with Crippen molar-refractivity contribution >= 4 is 46.0 Å². The Morgan fingerprint density at radius 3 is 2.47 bits per heavy atom. The molecule has 4 fully saturated rings. The van der Waals surface area contributed by atoms with E-state index in [0.717, 1.165) is 106 Å². The third-order valence-corrected chi connectivity index (χ3v) is 12.6. The van der Waals surface area contributed by atoms with Crippen LogP contribution in [-0.2, 0) is 16.1 Å². The summed E-state index contributed by atoms with van der Waals surface area (Å²) in [5.41, 5.74) is 4.93. The zero-order valence-corrected chi connectivity index (χ0v) is 32.0. The Labute approximate surface area is 330 Å². The fourth-order valence-electron chi connectivity index (χ4n) is 9.35. The number of rotatable bonds is 9. The van der Waals surface area contributed by atoms with E-state index in [1.807, 2.05) is 18.2 Å². The lowest BCUT2D eigenvalue weighted by molar-refractivity contribution is -0.136. The molecule has 57 heavy (non-hydrogen) atoms. The summed E-state index contributed by atoms with van der Waals surface area (Å²) in [4.78, 5) is 66.8. The van der Waals surface area contributed by atoms with Crippen LogP contribution in [0.15, 0.2) is 48.9 Å². The van der Waals surface area contributed by atoms with Crippen molar-refractivity contribution < 1.29 is 19.2 Å². The maximum Gasteiger partial charge on any atom is 0.255 e. The monoisotopic (exact) mass is 769 g/mol.